The smallest absolute Gasteiger partial charge is 0.154 e. The number of hydrogen-bond acceptors (Lipinski definition) is 4. The molecule has 1 saturated heterocycles. The maximum Gasteiger partial charge on any atom is 0.154 e. The molecule has 0 amide bonds. The summed E-state index contributed by atoms with van der Waals surface area (Å²) >= 11 is 0. The van der Waals surface area contributed by atoms with E-state index in [4.69, 9.17) is 4.74 Å². The van der Waals surface area contributed by atoms with Crippen molar-refractivity contribution in [3.05, 3.63) is 42.5 Å². The molecule has 110 valence electrons. The van der Waals surface area contributed by atoms with E-state index in [1.807, 2.05) is 24.3 Å². The summed E-state index contributed by atoms with van der Waals surface area (Å²) < 4.78 is 29.0. The topological polar surface area (TPSA) is 55.4 Å². The fraction of sp³-hybridized carbons (Fsp3) is 0.467. The van der Waals surface area contributed by atoms with Gasteiger partial charge in [-0.3, -0.25) is 0 Å². The Hall–Kier alpha value is -1.33. The molecule has 1 N–H and O–H groups in total. The summed E-state index contributed by atoms with van der Waals surface area (Å²) in [7, 11) is -2.87. The largest absolute Gasteiger partial charge is 0.489 e. The molecule has 0 radical (unpaired) electrons. The van der Waals surface area contributed by atoms with Crippen molar-refractivity contribution in [1.82, 2.24) is 5.32 Å². The van der Waals surface area contributed by atoms with Gasteiger partial charge in [0.05, 0.1) is 11.0 Å². The SMILES string of the molecule is C=CCOc1ccccc1CNCC1CCCS1(=O)=O. The quantitative estimate of drug-likeness (QED) is 0.781. The molecule has 1 unspecified atom stereocenters. The van der Waals surface area contributed by atoms with E-state index in [-0.39, 0.29) is 5.25 Å². The zero-order valence-electron chi connectivity index (χ0n) is 11.5. The molecule has 1 aromatic rings. The molecule has 1 fully saturated rings. The van der Waals surface area contributed by atoms with E-state index in [1.54, 1.807) is 6.08 Å². The van der Waals surface area contributed by atoms with Crippen molar-refractivity contribution in [2.45, 2.75) is 24.6 Å². The summed E-state index contributed by atoms with van der Waals surface area (Å²) in [5, 5.41) is 3.00. The monoisotopic (exact) mass is 295 g/mol. The van der Waals surface area contributed by atoms with Gasteiger partial charge in [-0.15, -0.1) is 0 Å². The van der Waals surface area contributed by atoms with Crippen LogP contribution in [0.25, 0.3) is 0 Å². The maximum absolute atomic E-state index is 11.7. The second-order valence-electron chi connectivity index (χ2n) is 4.97. The molecular weight excluding hydrogens is 274 g/mol. The first-order valence-corrected chi connectivity index (χ1v) is 8.59. The summed E-state index contributed by atoms with van der Waals surface area (Å²) in [6.07, 6.45) is 3.26. The van der Waals surface area contributed by atoms with E-state index < -0.39 is 9.84 Å². The van der Waals surface area contributed by atoms with E-state index in [1.165, 1.54) is 0 Å². The molecule has 0 aliphatic carbocycles. The van der Waals surface area contributed by atoms with E-state index in [9.17, 15) is 8.42 Å². The molecule has 1 aliphatic rings. The van der Waals surface area contributed by atoms with Crippen LogP contribution in [0.3, 0.4) is 0 Å². The van der Waals surface area contributed by atoms with Gasteiger partial charge in [-0.05, 0) is 18.9 Å². The molecule has 1 atom stereocenters. The van der Waals surface area contributed by atoms with Crippen molar-refractivity contribution in [3.63, 3.8) is 0 Å². The Bertz CT molecular complexity index is 554. The Morgan fingerprint density at radius 2 is 2.20 bits per heavy atom. The molecule has 5 heteroatoms. The first kappa shape index (κ1) is 15.1. The molecule has 0 bridgehead atoms. The first-order chi connectivity index (χ1) is 9.63. The predicted octanol–water partition coefficient (Wildman–Crippen LogP) is 1.92. The van der Waals surface area contributed by atoms with Gasteiger partial charge in [-0.1, -0.05) is 30.9 Å². The summed E-state index contributed by atoms with van der Waals surface area (Å²) in [6, 6.07) is 7.76. The second kappa shape index (κ2) is 6.90. The van der Waals surface area contributed by atoms with Crippen LogP contribution in [0.15, 0.2) is 36.9 Å². The van der Waals surface area contributed by atoms with Crippen molar-refractivity contribution in [1.29, 1.82) is 0 Å². The number of nitrogens with one attached hydrogen (secondary N) is 1. The Morgan fingerprint density at radius 1 is 1.40 bits per heavy atom. The Balaban J connectivity index is 1.89. The number of benzene rings is 1. The molecule has 20 heavy (non-hydrogen) atoms. The van der Waals surface area contributed by atoms with E-state index in [0.717, 1.165) is 24.2 Å². The van der Waals surface area contributed by atoms with Crippen LogP contribution in [0.2, 0.25) is 0 Å². The number of rotatable bonds is 7. The van der Waals surface area contributed by atoms with E-state index in [2.05, 4.69) is 11.9 Å². The highest BCUT2D eigenvalue weighted by Crippen LogP contribution is 2.20. The minimum Gasteiger partial charge on any atom is -0.489 e. The molecule has 0 aromatic heterocycles. The molecule has 1 aliphatic heterocycles. The summed E-state index contributed by atoms with van der Waals surface area (Å²) in [6.45, 7) is 5.22. The highest BCUT2D eigenvalue weighted by molar-refractivity contribution is 7.92. The van der Waals surface area contributed by atoms with Crippen molar-refractivity contribution < 1.29 is 13.2 Å². The molecule has 1 heterocycles. The molecule has 1 aromatic carbocycles. The lowest BCUT2D eigenvalue weighted by atomic mass is 10.2. The van der Waals surface area contributed by atoms with E-state index >= 15 is 0 Å². The standard InChI is InChI=1S/C15H21NO3S/c1-2-9-19-15-8-4-3-6-13(15)11-16-12-14-7-5-10-20(14,17)18/h2-4,6,8,14,16H,1,5,7,9-12H2. The van der Waals surface area contributed by atoms with Crippen molar-refractivity contribution >= 4 is 9.84 Å². The maximum atomic E-state index is 11.7. The lowest BCUT2D eigenvalue weighted by Crippen LogP contribution is -2.30. The summed E-state index contributed by atoms with van der Waals surface area (Å²) in [5.41, 5.74) is 1.03. The van der Waals surface area contributed by atoms with Gasteiger partial charge in [0, 0.05) is 18.7 Å². The zero-order valence-corrected chi connectivity index (χ0v) is 12.4. The Morgan fingerprint density at radius 3 is 2.90 bits per heavy atom. The van der Waals surface area contributed by atoms with Gasteiger partial charge in [-0.2, -0.15) is 0 Å². The lowest BCUT2D eigenvalue weighted by Gasteiger charge is -2.13. The van der Waals surface area contributed by atoms with Gasteiger partial charge >= 0.3 is 0 Å². The number of ether oxygens (including phenoxy) is 1. The Kier molecular flexibility index (Phi) is 5.20. The van der Waals surface area contributed by atoms with Crippen LogP contribution in [0.4, 0.5) is 0 Å². The van der Waals surface area contributed by atoms with Gasteiger partial charge in [0.2, 0.25) is 0 Å². The summed E-state index contributed by atoms with van der Waals surface area (Å²) in [4.78, 5) is 0. The van der Waals surface area contributed by atoms with Crippen LogP contribution in [-0.4, -0.2) is 32.6 Å². The highest BCUT2D eigenvalue weighted by atomic mass is 32.2. The third kappa shape index (κ3) is 3.84. The normalized spacial score (nSPS) is 20.7. The van der Waals surface area contributed by atoms with E-state index in [0.29, 0.717) is 25.4 Å². The van der Waals surface area contributed by atoms with Crippen LogP contribution in [0, 0.1) is 0 Å². The predicted molar refractivity (Wildman–Crippen MR) is 80.6 cm³/mol. The van der Waals surface area contributed by atoms with Crippen molar-refractivity contribution in [2.75, 3.05) is 18.9 Å². The molecule has 0 saturated carbocycles. The first-order valence-electron chi connectivity index (χ1n) is 6.87. The molecule has 0 spiro atoms. The van der Waals surface area contributed by atoms with Crippen LogP contribution in [0.5, 0.6) is 5.75 Å². The number of hydrogen-bond donors (Lipinski definition) is 1. The van der Waals surface area contributed by atoms with Crippen molar-refractivity contribution in [2.24, 2.45) is 0 Å². The second-order valence-corrected chi connectivity index (χ2v) is 7.37. The Labute approximate surface area is 120 Å². The third-order valence-corrected chi connectivity index (χ3v) is 5.76. The van der Waals surface area contributed by atoms with Crippen molar-refractivity contribution in [3.8, 4) is 5.75 Å². The lowest BCUT2D eigenvalue weighted by molar-refractivity contribution is 0.358. The van der Waals surface area contributed by atoms with Crippen LogP contribution in [-0.2, 0) is 16.4 Å². The van der Waals surface area contributed by atoms with Gasteiger partial charge in [0.25, 0.3) is 0 Å². The van der Waals surface area contributed by atoms with Crippen LogP contribution < -0.4 is 10.1 Å². The third-order valence-electron chi connectivity index (χ3n) is 3.48. The fourth-order valence-corrected chi connectivity index (χ4v) is 4.19. The molecular formula is C15H21NO3S. The van der Waals surface area contributed by atoms with Gasteiger partial charge in [0.1, 0.15) is 12.4 Å². The zero-order chi connectivity index (χ0) is 14.4. The average Bonchev–Trinajstić information content (AvgIpc) is 2.77. The molecule has 2 rings (SSSR count). The minimum atomic E-state index is -2.87. The summed E-state index contributed by atoms with van der Waals surface area (Å²) in [5.74, 6) is 1.15. The average molecular weight is 295 g/mol. The van der Waals surface area contributed by atoms with Gasteiger partial charge in [0.15, 0.2) is 9.84 Å². The minimum absolute atomic E-state index is 0.233. The van der Waals surface area contributed by atoms with Gasteiger partial charge < -0.3 is 10.1 Å². The van der Waals surface area contributed by atoms with Gasteiger partial charge in [-0.25, -0.2) is 8.42 Å². The molecule has 4 nitrogen and oxygen atoms in total. The fourth-order valence-electron chi connectivity index (χ4n) is 2.39. The van der Waals surface area contributed by atoms with Crippen LogP contribution in [0.1, 0.15) is 18.4 Å². The highest BCUT2D eigenvalue weighted by Gasteiger charge is 2.30. The van der Waals surface area contributed by atoms with Crippen LogP contribution >= 0.6 is 0 Å². The number of sulfone groups is 1. The number of para-hydroxylation sites is 1.